The SMILES string of the molecule is CCOC(=O)c1c[nH]c2c(=O)n(P)ccc2c1=O. The first-order valence-electron chi connectivity index (χ1n) is 5.25. The Morgan fingerprint density at radius 1 is 1.50 bits per heavy atom. The molecule has 0 fully saturated rings. The van der Waals surface area contributed by atoms with E-state index in [2.05, 4.69) is 14.4 Å². The van der Waals surface area contributed by atoms with Crippen molar-refractivity contribution in [2.75, 3.05) is 6.61 Å². The third kappa shape index (κ3) is 1.95. The molecule has 0 aliphatic carbocycles. The van der Waals surface area contributed by atoms with Crippen molar-refractivity contribution >= 4 is 26.3 Å². The highest BCUT2D eigenvalue weighted by molar-refractivity contribution is 7.14. The monoisotopic (exact) mass is 266 g/mol. The average Bonchev–Trinajstić information content (AvgIpc) is 2.34. The van der Waals surface area contributed by atoms with Gasteiger partial charge in [-0.15, -0.1) is 0 Å². The van der Waals surface area contributed by atoms with Gasteiger partial charge < -0.3 is 9.72 Å². The van der Waals surface area contributed by atoms with Gasteiger partial charge in [-0.25, -0.2) is 4.79 Å². The Morgan fingerprint density at radius 3 is 2.89 bits per heavy atom. The first-order valence-corrected chi connectivity index (χ1v) is 5.77. The number of aromatic amines is 1. The molecule has 2 rings (SSSR count). The Bertz CT molecular complexity index is 732. The van der Waals surface area contributed by atoms with Gasteiger partial charge in [-0.2, -0.15) is 0 Å². The molecule has 1 N–H and O–H groups in total. The van der Waals surface area contributed by atoms with E-state index in [1.54, 1.807) is 6.92 Å². The van der Waals surface area contributed by atoms with E-state index in [-0.39, 0.29) is 28.6 Å². The molecule has 2 aromatic heterocycles. The topological polar surface area (TPSA) is 81.2 Å². The van der Waals surface area contributed by atoms with Crippen molar-refractivity contribution in [3.05, 3.63) is 44.6 Å². The largest absolute Gasteiger partial charge is 0.462 e. The first-order chi connectivity index (χ1) is 8.56. The minimum atomic E-state index is -0.698. The number of ether oxygens (including phenoxy) is 1. The maximum absolute atomic E-state index is 12.0. The maximum atomic E-state index is 12.0. The van der Waals surface area contributed by atoms with Gasteiger partial charge in [0.2, 0.25) is 5.43 Å². The number of aromatic nitrogens is 2. The highest BCUT2D eigenvalue weighted by atomic mass is 31.0. The Kier molecular flexibility index (Phi) is 3.30. The van der Waals surface area contributed by atoms with Crippen molar-refractivity contribution in [1.29, 1.82) is 0 Å². The zero-order valence-corrected chi connectivity index (χ0v) is 10.8. The summed E-state index contributed by atoms with van der Waals surface area (Å²) in [5.74, 6) is -0.698. The third-order valence-electron chi connectivity index (χ3n) is 2.46. The van der Waals surface area contributed by atoms with E-state index in [1.807, 2.05) is 0 Å². The molecule has 1 atom stereocenters. The lowest BCUT2D eigenvalue weighted by atomic mass is 10.2. The lowest BCUT2D eigenvalue weighted by Crippen LogP contribution is -2.22. The second-order valence-electron chi connectivity index (χ2n) is 3.57. The van der Waals surface area contributed by atoms with E-state index >= 15 is 0 Å². The molecule has 2 aromatic rings. The standard InChI is InChI=1S/C11H11N2O4P/c1-2-17-11(16)7-5-12-8-6(9(7)14)3-4-13(18)10(8)15/h3-5H,2,18H2,1H3,(H,12,14). The maximum Gasteiger partial charge on any atom is 0.343 e. The molecule has 0 aromatic carbocycles. The van der Waals surface area contributed by atoms with Crippen LogP contribution < -0.4 is 11.0 Å². The first kappa shape index (κ1) is 12.5. The summed E-state index contributed by atoms with van der Waals surface area (Å²) in [5, 5.41) is 0.171. The van der Waals surface area contributed by atoms with E-state index in [4.69, 9.17) is 4.74 Å². The fourth-order valence-corrected chi connectivity index (χ4v) is 1.81. The van der Waals surface area contributed by atoms with Crippen molar-refractivity contribution in [1.82, 2.24) is 9.32 Å². The lowest BCUT2D eigenvalue weighted by molar-refractivity contribution is 0.0524. The Hall–Kier alpha value is -1.94. The fraction of sp³-hybridized carbons (Fsp3) is 0.182. The van der Waals surface area contributed by atoms with Crippen LogP contribution in [0, 0.1) is 0 Å². The molecular weight excluding hydrogens is 255 g/mol. The van der Waals surface area contributed by atoms with Gasteiger partial charge in [-0.05, 0) is 22.4 Å². The Labute approximate surface area is 104 Å². The molecule has 0 amide bonds. The van der Waals surface area contributed by atoms with Crippen LogP contribution in [0.15, 0.2) is 28.0 Å². The van der Waals surface area contributed by atoms with Gasteiger partial charge in [-0.1, -0.05) is 0 Å². The summed E-state index contributed by atoms with van der Waals surface area (Å²) < 4.78 is 6.03. The predicted molar refractivity (Wildman–Crippen MR) is 69.9 cm³/mol. The van der Waals surface area contributed by atoms with Crippen LogP contribution >= 0.6 is 9.39 Å². The molecule has 0 bridgehead atoms. The molecule has 18 heavy (non-hydrogen) atoms. The molecule has 7 heteroatoms. The van der Waals surface area contributed by atoms with Crippen LogP contribution in [0.1, 0.15) is 17.3 Å². The van der Waals surface area contributed by atoms with Gasteiger partial charge in [-0.3, -0.25) is 13.9 Å². The van der Waals surface area contributed by atoms with Gasteiger partial charge >= 0.3 is 5.97 Å². The van der Waals surface area contributed by atoms with Crippen LogP contribution in [0.5, 0.6) is 0 Å². The molecule has 0 aliphatic heterocycles. The van der Waals surface area contributed by atoms with Gasteiger partial charge in [0.1, 0.15) is 11.1 Å². The van der Waals surface area contributed by atoms with Crippen LogP contribution in [0.2, 0.25) is 0 Å². The Balaban J connectivity index is 2.74. The van der Waals surface area contributed by atoms with Crippen molar-refractivity contribution < 1.29 is 9.53 Å². The number of hydrogen-bond acceptors (Lipinski definition) is 4. The molecule has 0 spiro atoms. The fourth-order valence-electron chi connectivity index (χ4n) is 1.59. The number of esters is 1. The van der Waals surface area contributed by atoms with Gasteiger partial charge in [0.05, 0.1) is 12.0 Å². The second kappa shape index (κ2) is 4.74. The number of fused-ring (bicyclic) bond motifs is 1. The van der Waals surface area contributed by atoms with Crippen molar-refractivity contribution in [3.63, 3.8) is 0 Å². The number of hydrogen-bond donors (Lipinski definition) is 1. The number of carbonyl (C=O) groups is 1. The van der Waals surface area contributed by atoms with Crippen molar-refractivity contribution in [3.8, 4) is 0 Å². The third-order valence-corrected chi connectivity index (χ3v) is 2.87. The molecule has 0 saturated heterocycles. The summed E-state index contributed by atoms with van der Waals surface area (Å²) in [6, 6.07) is 1.48. The van der Waals surface area contributed by atoms with Crippen LogP contribution in [-0.2, 0) is 4.74 Å². The molecule has 0 aliphatic rings. The number of nitrogens with zero attached hydrogens (tertiary/aromatic N) is 1. The van der Waals surface area contributed by atoms with Gasteiger partial charge in [0.25, 0.3) is 5.56 Å². The molecule has 0 saturated carbocycles. The van der Waals surface area contributed by atoms with Crippen LogP contribution in [0.25, 0.3) is 10.9 Å². The summed E-state index contributed by atoms with van der Waals surface area (Å²) in [4.78, 5) is 38.0. The number of pyridine rings is 2. The van der Waals surface area contributed by atoms with Crippen LogP contribution in [-0.4, -0.2) is 21.9 Å². The van der Waals surface area contributed by atoms with Crippen molar-refractivity contribution in [2.24, 2.45) is 0 Å². The summed E-state index contributed by atoms with van der Waals surface area (Å²) in [6.07, 6.45) is 2.65. The van der Waals surface area contributed by atoms with E-state index in [0.29, 0.717) is 0 Å². The van der Waals surface area contributed by atoms with Crippen LogP contribution in [0.3, 0.4) is 0 Å². The average molecular weight is 266 g/mol. The van der Waals surface area contributed by atoms with E-state index in [9.17, 15) is 14.4 Å². The summed E-state index contributed by atoms with van der Waals surface area (Å²) in [7, 11) is 2.21. The zero-order valence-electron chi connectivity index (χ0n) is 9.60. The predicted octanol–water partition coefficient (Wildman–Crippen LogP) is 0.505. The molecule has 6 nitrogen and oxygen atoms in total. The summed E-state index contributed by atoms with van der Waals surface area (Å²) in [5.41, 5.74) is -0.814. The molecule has 0 radical (unpaired) electrons. The van der Waals surface area contributed by atoms with Gasteiger partial charge in [0, 0.05) is 12.4 Å². The second-order valence-corrected chi connectivity index (χ2v) is 4.13. The number of carbonyl (C=O) groups excluding carboxylic acids is 1. The van der Waals surface area contributed by atoms with Crippen molar-refractivity contribution in [2.45, 2.75) is 6.92 Å². The summed E-state index contributed by atoms with van der Waals surface area (Å²) >= 11 is 0. The highest BCUT2D eigenvalue weighted by Gasteiger charge is 2.15. The molecule has 1 unspecified atom stereocenters. The lowest BCUT2D eigenvalue weighted by Gasteiger charge is -2.04. The van der Waals surface area contributed by atoms with E-state index < -0.39 is 11.4 Å². The quantitative estimate of drug-likeness (QED) is 0.634. The van der Waals surface area contributed by atoms with E-state index in [0.717, 1.165) is 0 Å². The number of nitrogens with one attached hydrogen (secondary N) is 1. The highest BCUT2D eigenvalue weighted by Crippen LogP contribution is 2.05. The Morgan fingerprint density at radius 2 is 2.22 bits per heavy atom. The summed E-state index contributed by atoms with van der Waals surface area (Å²) in [6.45, 7) is 1.84. The molecule has 2 heterocycles. The van der Waals surface area contributed by atoms with Gasteiger partial charge in [0.15, 0.2) is 0 Å². The minimum absolute atomic E-state index is 0.106. The molecule has 94 valence electrons. The zero-order chi connectivity index (χ0) is 13.3. The minimum Gasteiger partial charge on any atom is -0.462 e. The normalized spacial score (nSPS) is 10.6. The number of rotatable bonds is 2. The van der Waals surface area contributed by atoms with E-state index in [1.165, 1.54) is 22.8 Å². The molecular formula is C11H11N2O4P. The van der Waals surface area contributed by atoms with Crippen LogP contribution in [0.4, 0.5) is 0 Å². The smallest absolute Gasteiger partial charge is 0.343 e. The number of H-pyrrole nitrogens is 1.